The van der Waals surface area contributed by atoms with Crippen molar-refractivity contribution in [1.82, 2.24) is 19.8 Å². The van der Waals surface area contributed by atoms with Gasteiger partial charge in [-0.2, -0.15) is 0 Å². The SMILES string of the molecule is CCN(Cc1ccncc1)[C@@H]1CN(C(=O)c2cncs2)C[C@H]1O. The number of carbonyl (C=O) groups excluding carboxylic acids is 1. The number of aliphatic hydroxyl groups excluding tert-OH is 1. The minimum atomic E-state index is -0.534. The first kappa shape index (κ1) is 16.0. The minimum absolute atomic E-state index is 0.0472. The summed E-state index contributed by atoms with van der Waals surface area (Å²) in [4.78, 5) is 25.0. The van der Waals surface area contributed by atoms with Crippen LogP contribution in [0.3, 0.4) is 0 Å². The van der Waals surface area contributed by atoms with Gasteiger partial charge >= 0.3 is 0 Å². The third-order valence-electron chi connectivity index (χ3n) is 4.20. The highest BCUT2D eigenvalue weighted by atomic mass is 32.1. The number of likely N-dealkylation sites (tertiary alicyclic amines) is 1. The van der Waals surface area contributed by atoms with Crippen molar-refractivity contribution in [3.8, 4) is 0 Å². The summed E-state index contributed by atoms with van der Waals surface area (Å²) in [5.74, 6) is -0.0472. The summed E-state index contributed by atoms with van der Waals surface area (Å²) in [6.07, 6.45) is 4.59. The molecule has 0 bridgehead atoms. The lowest BCUT2D eigenvalue weighted by atomic mass is 10.1. The molecule has 6 nitrogen and oxygen atoms in total. The maximum Gasteiger partial charge on any atom is 0.265 e. The molecule has 122 valence electrons. The molecule has 0 aliphatic carbocycles. The monoisotopic (exact) mass is 332 g/mol. The van der Waals surface area contributed by atoms with Crippen LogP contribution in [0.4, 0.5) is 0 Å². The largest absolute Gasteiger partial charge is 0.390 e. The molecule has 1 aliphatic heterocycles. The van der Waals surface area contributed by atoms with E-state index < -0.39 is 6.10 Å². The van der Waals surface area contributed by atoms with Crippen molar-refractivity contribution in [2.75, 3.05) is 19.6 Å². The number of likely N-dealkylation sites (N-methyl/N-ethyl adjacent to an activating group) is 1. The van der Waals surface area contributed by atoms with Crippen LogP contribution in [0.1, 0.15) is 22.2 Å². The summed E-state index contributed by atoms with van der Waals surface area (Å²) in [5, 5.41) is 10.4. The first-order valence-corrected chi connectivity index (χ1v) is 8.55. The Kier molecular flexibility index (Phi) is 5.00. The molecule has 0 spiro atoms. The van der Waals surface area contributed by atoms with Crippen molar-refractivity contribution in [3.63, 3.8) is 0 Å². The van der Waals surface area contributed by atoms with Gasteiger partial charge in [-0.1, -0.05) is 6.92 Å². The zero-order valence-electron chi connectivity index (χ0n) is 13.0. The van der Waals surface area contributed by atoms with Crippen molar-refractivity contribution in [1.29, 1.82) is 0 Å². The highest BCUT2D eigenvalue weighted by Gasteiger charge is 2.37. The molecule has 23 heavy (non-hydrogen) atoms. The number of rotatable bonds is 5. The minimum Gasteiger partial charge on any atom is -0.390 e. The van der Waals surface area contributed by atoms with E-state index in [4.69, 9.17) is 0 Å². The average molecular weight is 332 g/mol. The standard InChI is InChI=1S/C16H20N4O2S/c1-2-19(8-12-3-5-17-6-4-12)13-9-20(10-14(13)21)16(22)15-7-18-11-23-15/h3-7,11,13-14,21H,2,8-10H2,1H3/t13-,14-/m1/s1. The van der Waals surface area contributed by atoms with Gasteiger partial charge in [-0.05, 0) is 24.2 Å². The molecule has 0 radical (unpaired) electrons. The van der Waals surface area contributed by atoms with Crippen LogP contribution < -0.4 is 0 Å². The Morgan fingerprint density at radius 1 is 1.39 bits per heavy atom. The molecule has 2 aromatic rings. The van der Waals surface area contributed by atoms with E-state index in [2.05, 4.69) is 21.8 Å². The molecule has 2 atom stereocenters. The number of β-amino-alcohol motifs (C(OH)–C–C–N with tert-alkyl or cyclic N) is 1. The highest BCUT2D eigenvalue weighted by molar-refractivity contribution is 7.11. The smallest absolute Gasteiger partial charge is 0.265 e. The van der Waals surface area contributed by atoms with Crippen LogP contribution >= 0.6 is 11.3 Å². The maximum atomic E-state index is 12.4. The van der Waals surface area contributed by atoms with Crippen LogP contribution in [0.25, 0.3) is 0 Å². The molecule has 1 aliphatic rings. The van der Waals surface area contributed by atoms with E-state index in [1.54, 1.807) is 29.0 Å². The van der Waals surface area contributed by atoms with E-state index in [0.29, 0.717) is 18.0 Å². The van der Waals surface area contributed by atoms with Gasteiger partial charge < -0.3 is 10.0 Å². The van der Waals surface area contributed by atoms with Crippen molar-refractivity contribution >= 4 is 17.2 Å². The van der Waals surface area contributed by atoms with Gasteiger partial charge in [-0.3, -0.25) is 19.7 Å². The summed E-state index contributed by atoms with van der Waals surface area (Å²) in [6.45, 7) is 4.53. The number of amides is 1. The van der Waals surface area contributed by atoms with Gasteiger partial charge in [-0.15, -0.1) is 11.3 Å². The third-order valence-corrected chi connectivity index (χ3v) is 4.96. The molecule has 1 N–H and O–H groups in total. The molecule has 7 heteroatoms. The Bertz CT molecular complexity index is 635. The number of thiazole rings is 1. The van der Waals surface area contributed by atoms with Crippen molar-refractivity contribution in [2.24, 2.45) is 0 Å². The Morgan fingerprint density at radius 3 is 2.83 bits per heavy atom. The number of carbonyl (C=O) groups is 1. The zero-order chi connectivity index (χ0) is 16.2. The van der Waals surface area contributed by atoms with E-state index >= 15 is 0 Å². The molecular formula is C16H20N4O2S. The summed E-state index contributed by atoms with van der Waals surface area (Å²) < 4.78 is 0. The van der Waals surface area contributed by atoms with Gasteiger partial charge in [0.2, 0.25) is 0 Å². The molecule has 0 unspecified atom stereocenters. The molecule has 3 rings (SSSR count). The number of hydrogen-bond acceptors (Lipinski definition) is 6. The second-order valence-electron chi connectivity index (χ2n) is 5.63. The Balaban J connectivity index is 1.68. The molecular weight excluding hydrogens is 312 g/mol. The van der Waals surface area contributed by atoms with Crippen LogP contribution in [0.15, 0.2) is 36.2 Å². The lowest BCUT2D eigenvalue weighted by molar-refractivity contribution is 0.0761. The summed E-state index contributed by atoms with van der Waals surface area (Å²) in [6, 6.07) is 3.90. The summed E-state index contributed by atoms with van der Waals surface area (Å²) in [5.41, 5.74) is 2.81. The fraction of sp³-hybridized carbons (Fsp3) is 0.438. The summed E-state index contributed by atoms with van der Waals surface area (Å²) >= 11 is 1.33. The van der Waals surface area contributed by atoms with Crippen LogP contribution in [0, 0.1) is 0 Å². The molecule has 1 amide bonds. The van der Waals surface area contributed by atoms with Crippen LogP contribution in [-0.4, -0.2) is 62.6 Å². The van der Waals surface area contributed by atoms with Crippen molar-refractivity contribution in [3.05, 3.63) is 46.7 Å². The zero-order valence-corrected chi connectivity index (χ0v) is 13.8. The molecule has 1 saturated heterocycles. The first-order valence-electron chi connectivity index (χ1n) is 7.67. The average Bonchev–Trinajstić information content (AvgIpc) is 3.23. The fourth-order valence-electron chi connectivity index (χ4n) is 2.96. The van der Waals surface area contributed by atoms with Gasteiger partial charge in [0, 0.05) is 32.0 Å². The number of pyridine rings is 1. The third kappa shape index (κ3) is 3.57. The molecule has 1 fully saturated rings. The quantitative estimate of drug-likeness (QED) is 0.892. The van der Waals surface area contributed by atoms with E-state index in [1.807, 2.05) is 12.1 Å². The van der Waals surface area contributed by atoms with Gasteiger partial charge in [0.05, 0.1) is 23.9 Å². The number of nitrogens with zero attached hydrogens (tertiary/aromatic N) is 4. The van der Waals surface area contributed by atoms with Gasteiger partial charge in [-0.25, -0.2) is 0 Å². The van der Waals surface area contributed by atoms with Crippen molar-refractivity contribution in [2.45, 2.75) is 25.6 Å². The lowest BCUT2D eigenvalue weighted by Gasteiger charge is -2.29. The number of aromatic nitrogens is 2. The van der Waals surface area contributed by atoms with E-state index in [-0.39, 0.29) is 11.9 Å². The van der Waals surface area contributed by atoms with Gasteiger partial charge in [0.1, 0.15) is 4.88 Å². The predicted molar refractivity (Wildman–Crippen MR) is 88.1 cm³/mol. The highest BCUT2D eigenvalue weighted by Crippen LogP contribution is 2.21. The molecule has 0 saturated carbocycles. The summed E-state index contributed by atoms with van der Waals surface area (Å²) in [7, 11) is 0. The maximum absolute atomic E-state index is 12.4. The Morgan fingerprint density at radius 2 is 2.17 bits per heavy atom. The predicted octanol–water partition coefficient (Wildman–Crippen LogP) is 1.25. The van der Waals surface area contributed by atoms with Crippen molar-refractivity contribution < 1.29 is 9.90 Å². The van der Waals surface area contributed by atoms with Gasteiger partial charge in [0.15, 0.2) is 0 Å². The van der Waals surface area contributed by atoms with E-state index in [9.17, 15) is 9.90 Å². The number of aliphatic hydroxyl groups is 1. The Labute approximate surface area is 139 Å². The van der Waals surface area contributed by atoms with Crippen LogP contribution in [-0.2, 0) is 6.54 Å². The first-order chi connectivity index (χ1) is 11.2. The molecule has 3 heterocycles. The topological polar surface area (TPSA) is 69.6 Å². The second kappa shape index (κ2) is 7.16. The van der Waals surface area contributed by atoms with E-state index in [0.717, 1.165) is 18.7 Å². The van der Waals surface area contributed by atoms with Crippen LogP contribution in [0.5, 0.6) is 0 Å². The van der Waals surface area contributed by atoms with E-state index in [1.165, 1.54) is 11.3 Å². The number of hydrogen-bond donors (Lipinski definition) is 1. The van der Waals surface area contributed by atoms with Gasteiger partial charge in [0.25, 0.3) is 5.91 Å². The van der Waals surface area contributed by atoms with Crippen LogP contribution in [0.2, 0.25) is 0 Å². The molecule has 0 aromatic carbocycles. The second-order valence-corrected chi connectivity index (χ2v) is 6.52. The lowest BCUT2D eigenvalue weighted by Crippen LogP contribution is -2.43. The normalized spacial score (nSPS) is 21.1. The molecule has 2 aromatic heterocycles. The fourth-order valence-corrected chi connectivity index (χ4v) is 3.54. The Hall–Kier alpha value is -1.83.